The Labute approximate surface area is 128 Å². The number of hydrogen-bond acceptors (Lipinski definition) is 2. The van der Waals surface area contributed by atoms with Crippen LogP contribution >= 0.6 is 11.6 Å². The minimum absolute atomic E-state index is 0.173. The van der Waals surface area contributed by atoms with Crippen molar-refractivity contribution in [1.82, 2.24) is 0 Å². The molecule has 0 aromatic heterocycles. The van der Waals surface area contributed by atoms with Crippen molar-refractivity contribution in [2.45, 2.75) is 13.3 Å². The summed E-state index contributed by atoms with van der Waals surface area (Å²) in [5, 5.41) is 6.50. The van der Waals surface area contributed by atoms with Gasteiger partial charge < -0.3 is 10.6 Å². The molecule has 0 radical (unpaired) electrons. The van der Waals surface area contributed by atoms with Gasteiger partial charge in [-0.1, -0.05) is 23.7 Å². The Kier molecular flexibility index (Phi) is 5.17. The summed E-state index contributed by atoms with van der Waals surface area (Å²) in [5.41, 5.74) is 2.31. The van der Waals surface area contributed by atoms with E-state index in [9.17, 15) is 9.18 Å². The first-order valence-electron chi connectivity index (χ1n) is 6.60. The van der Waals surface area contributed by atoms with Crippen LogP contribution in [0.3, 0.4) is 0 Å². The summed E-state index contributed by atoms with van der Waals surface area (Å²) in [6.07, 6.45) is 0.280. The van der Waals surface area contributed by atoms with Crippen LogP contribution in [0.25, 0.3) is 0 Å². The number of nitrogens with one attached hydrogen (secondary N) is 2. The predicted molar refractivity (Wildman–Crippen MR) is 84.3 cm³/mol. The first kappa shape index (κ1) is 15.3. The minimum atomic E-state index is -0.375. The van der Waals surface area contributed by atoms with Gasteiger partial charge in [0, 0.05) is 29.4 Å². The van der Waals surface area contributed by atoms with E-state index >= 15 is 0 Å². The van der Waals surface area contributed by atoms with Gasteiger partial charge in [0.1, 0.15) is 5.82 Å². The summed E-state index contributed by atoms with van der Waals surface area (Å²) in [6.45, 7) is 2.39. The average molecular weight is 307 g/mol. The van der Waals surface area contributed by atoms with Crippen molar-refractivity contribution in [2.75, 3.05) is 17.2 Å². The highest BCUT2D eigenvalue weighted by molar-refractivity contribution is 6.31. The van der Waals surface area contributed by atoms with Crippen LogP contribution < -0.4 is 10.6 Å². The maximum atomic E-state index is 13.0. The molecule has 0 fully saturated rings. The van der Waals surface area contributed by atoms with Crippen LogP contribution in [0.4, 0.5) is 15.8 Å². The Morgan fingerprint density at radius 3 is 2.76 bits per heavy atom. The first-order valence-corrected chi connectivity index (χ1v) is 6.98. The van der Waals surface area contributed by atoms with Crippen LogP contribution in [0.1, 0.15) is 12.0 Å². The van der Waals surface area contributed by atoms with Crippen molar-refractivity contribution in [3.05, 3.63) is 58.9 Å². The molecule has 0 saturated heterocycles. The number of hydrogen-bond donors (Lipinski definition) is 2. The van der Waals surface area contributed by atoms with Crippen LogP contribution in [0.15, 0.2) is 42.5 Å². The van der Waals surface area contributed by atoms with Crippen LogP contribution in [0.5, 0.6) is 0 Å². The second-order valence-corrected chi connectivity index (χ2v) is 5.05. The van der Waals surface area contributed by atoms with Crippen molar-refractivity contribution in [1.29, 1.82) is 0 Å². The van der Waals surface area contributed by atoms with Crippen LogP contribution in [-0.4, -0.2) is 12.5 Å². The maximum Gasteiger partial charge on any atom is 0.226 e. The second kappa shape index (κ2) is 7.09. The highest BCUT2D eigenvalue weighted by Crippen LogP contribution is 2.22. The number of rotatable bonds is 5. The van der Waals surface area contributed by atoms with E-state index in [0.717, 1.165) is 11.3 Å². The zero-order valence-corrected chi connectivity index (χ0v) is 12.4. The Bertz CT molecular complexity index is 646. The lowest BCUT2D eigenvalue weighted by Crippen LogP contribution is -2.16. The lowest BCUT2D eigenvalue weighted by Gasteiger charge is -2.10. The van der Waals surface area contributed by atoms with Crippen molar-refractivity contribution < 1.29 is 9.18 Å². The summed E-state index contributed by atoms with van der Waals surface area (Å²) in [4.78, 5) is 11.8. The molecule has 2 aromatic carbocycles. The monoisotopic (exact) mass is 306 g/mol. The SMILES string of the molecule is Cc1c(Cl)cccc1NCCC(=O)Nc1cccc(F)c1. The van der Waals surface area contributed by atoms with Crippen LogP contribution in [-0.2, 0) is 4.79 Å². The second-order valence-electron chi connectivity index (χ2n) is 4.65. The van der Waals surface area contributed by atoms with Crippen LogP contribution in [0, 0.1) is 12.7 Å². The average Bonchev–Trinajstić information content (AvgIpc) is 2.43. The molecule has 0 unspecified atom stereocenters. The minimum Gasteiger partial charge on any atom is -0.384 e. The van der Waals surface area contributed by atoms with Gasteiger partial charge in [-0.15, -0.1) is 0 Å². The van der Waals surface area contributed by atoms with Crippen molar-refractivity contribution >= 4 is 28.9 Å². The van der Waals surface area contributed by atoms with E-state index in [2.05, 4.69) is 10.6 Å². The molecule has 0 spiro atoms. The number of anilines is 2. The summed E-state index contributed by atoms with van der Waals surface area (Å²) in [6, 6.07) is 11.4. The molecule has 0 aliphatic rings. The van der Waals surface area contributed by atoms with Gasteiger partial charge in [0.15, 0.2) is 0 Å². The molecule has 0 heterocycles. The van der Waals surface area contributed by atoms with Gasteiger partial charge in [-0.3, -0.25) is 4.79 Å². The van der Waals surface area contributed by atoms with E-state index in [0.29, 0.717) is 17.3 Å². The molecule has 1 amide bonds. The zero-order chi connectivity index (χ0) is 15.2. The number of benzene rings is 2. The molecular formula is C16H16ClFN2O. The zero-order valence-electron chi connectivity index (χ0n) is 11.6. The fourth-order valence-corrected chi connectivity index (χ4v) is 2.07. The van der Waals surface area contributed by atoms with Gasteiger partial charge in [0.2, 0.25) is 5.91 Å². The third-order valence-electron chi connectivity index (χ3n) is 3.04. The smallest absolute Gasteiger partial charge is 0.226 e. The normalized spacial score (nSPS) is 10.2. The summed E-state index contributed by atoms with van der Waals surface area (Å²) < 4.78 is 13.0. The largest absolute Gasteiger partial charge is 0.384 e. The van der Waals surface area contributed by atoms with E-state index in [-0.39, 0.29) is 18.1 Å². The van der Waals surface area contributed by atoms with Gasteiger partial charge in [-0.05, 0) is 42.8 Å². The van der Waals surface area contributed by atoms with Gasteiger partial charge >= 0.3 is 0 Å². The van der Waals surface area contributed by atoms with Crippen LogP contribution in [0.2, 0.25) is 5.02 Å². The molecule has 0 atom stereocenters. The highest BCUT2D eigenvalue weighted by atomic mass is 35.5. The lowest BCUT2D eigenvalue weighted by atomic mass is 10.2. The summed E-state index contributed by atoms with van der Waals surface area (Å²) in [5.74, 6) is -0.548. The number of carbonyl (C=O) groups excluding carboxylic acids is 1. The Hall–Kier alpha value is -2.07. The molecule has 21 heavy (non-hydrogen) atoms. The van der Waals surface area contributed by atoms with E-state index in [1.165, 1.54) is 12.1 Å². The van der Waals surface area contributed by atoms with Crippen molar-refractivity contribution in [3.8, 4) is 0 Å². The fraction of sp³-hybridized carbons (Fsp3) is 0.188. The molecule has 0 bridgehead atoms. The molecule has 3 nitrogen and oxygen atoms in total. The summed E-state index contributed by atoms with van der Waals surface area (Å²) in [7, 11) is 0. The summed E-state index contributed by atoms with van der Waals surface area (Å²) >= 11 is 6.02. The van der Waals surface area contributed by atoms with E-state index in [1.807, 2.05) is 25.1 Å². The first-order chi connectivity index (χ1) is 10.1. The number of halogens is 2. The number of amides is 1. The molecule has 0 aliphatic heterocycles. The maximum absolute atomic E-state index is 13.0. The standard InChI is InChI=1S/C16H16ClFN2O/c1-11-14(17)6-3-7-15(11)19-9-8-16(21)20-13-5-2-4-12(18)10-13/h2-7,10,19H,8-9H2,1H3,(H,20,21). The highest BCUT2D eigenvalue weighted by Gasteiger charge is 2.05. The van der Waals surface area contributed by atoms with Gasteiger partial charge in [0.05, 0.1) is 0 Å². The van der Waals surface area contributed by atoms with Crippen molar-refractivity contribution in [2.24, 2.45) is 0 Å². The molecule has 2 aromatic rings. The Morgan fingerprint density at radius 2 is 2.00 bits per heavy atom. The third-order valence-corrected chi connectivity index (χ3v) is 3.45. The molecule has 0 aliphatic carbocycles. The molecule has 0 saturated carbocycles. The Morgan fingerprint density at radius 1 is 1.24 bits per heavy atom. The van der Waals surface area contributed by atoms with Gasteiger partial charge in [0.25, 0.3) is 0 Å². The number of carbonyl (C=O) groups is 1. The molecule has 2 rings (SSSR count). The third kappa shape index (κ3) is 4.46. The molecule has 5 heteroatoms. The molecular weight excluding hydrogens is 291 g/mol. The van der Waals surface area contributed by atoms with E-state index < -0.39 is 0 Å². The fourth-order valence-electron chi connectivity index (χ4n) is 1.90. The van der Waals surface area contributed by atoms with Gasteiger partial charge in [-0.2, -0.15) is 0 Å². The van der Waals surface area contributed by atoms with Crippen molar-refractivity contribution in [3.63, 3.8) is 0 Å². The Balaban J connectivity index is 1.83. The molecule has 2 N–H and O–H groups in total. The van der Waals surface area contributed by atoms with Gasteiger partial charge in [-0.25, -0.2) is 4.39 Å². The molecule has 110 valence electrons. The quantitative estimate of drug-likeness (QED) is 0.868. The topological polar surface area (TPSA) is 41.1 Å². The predicted octanol–water partition coefficient (Wildman–Crippen LogP) is 4.23. The lowest BCUT2D eigenvalue weighted by molar-refractivity contribution is -0.115. The van der Waals surface area contributed by atoms with E-state index in [4.69, 9.17) is 11.6 Å². The van der Waals surface area contributed by atoms with E-state index in [1.54, 1.807) is 12.1 Å².